The summed E-state index contributed by atoms with van der Waals surface area (Å²) in [5, 5.41) is 9.71. The molecule has 1 aliphatic rings. The summed E-state index contributed by atoms with van der Waals surface area (Å²) >= 11 is 0. The van der Waals surface area contributed by atoms with Gasteiger partial charge in [0.25, 0.3) is 5.91 Å². The molecule has 4 heteroatoms. The Kier molecular flexibility index (Phi) is 3.41. The lowest BCUT2D eigenvalue weighted by molar-refractivity contribution is -0.112. The summed E-state index contributed by atoms with van der Waals surface area (Å²) in [5.41, 5.74) is 4.60. The zero-order chi connectivity index (χ0) is 17.4. The van der Waals surface area contributed by atoms with E-state index in [9.17, 15) is 9.90 Å². The van der Waals surface area contributed by atoms with E-state index in [0.29, 0.717) is 11.3 Å². The van der Waals surface area contributed by atoms with E-state index in [2.05, 4.69) is 11.0 Å². The third-order valence-electron chi connectivity index (χ3n) is 4.19. The molecule has 0 radical (unpaired) electrons. The first kappa shape index (κ1) is 14.9. The second kappa shape index (κ2) is 5.73. The van der Waals surface area contributed by atoms with Crippen LogP contribution in [-0.4, -0.2) is 16.0 Å². The number of aromatic nitrogens is 1. The molecule has 3 aromatic rings. The second-order valence-corrected chi connectivity index (χ2v) is 5.74. The Balaban J connectivity index is 1.88. The van der Waals surface area contributed by atoms with Gasteiger partial charge in [-0.1, -0.05) is 24.6 Å². The van der Waals surface area contributed by atoms with Crippen molar-refractivity contribution in [3.05, 3.63) is 72.1 Å². The van der Waals surface area contributed by atoms with E-state index in [1.807, 2.05) is 36.4 Å². The van der Waals surface area contributed by atoms with Crippen LogP contribution in [0.2, 0.25) is 0 Å². The average Bonchev–Trinajstić information content (AvgIpc) is 3.22. The largest absolute Gasteiger partial charge is 0.508 e. The standard InChI is InChI=1S/C21H14N2O2/c1-2-23-20-9-8-15(14-5-3-7-17(24)11-14)12-18(20)19(21(23)25)13-16-6-4-10-22-16/h1,3-13,22,24H. The maximum absolute atomic E-state index is 12.7. The van der Waals surface area contributed by atoms with Crippen LogP contribution in [-0.2, 0) is 4.79 Å². The molecule has 0 atom stereocenters. The van der Waals surface area contributed by atoms with Gasteiger partial charge in [0.2, 0.25) is 0 Å². The van der Waals surface area contributed by atoms with Crippen LogP contribution in [0.25, 0.3) is 22.8 Å². The number of amides is 1. The Morgan fingerprint density at radius 3 is 2.64 bits per heavy atom. The quantitative estimate of drug-likeness (QED) is 0.555. The van der Waals surface area contributed by atoms with E-state index < -0.39 is 0 Å². The van der Waals surface area contributed by atoms with Gasteiger partial charge in [-0.25, -0.2) is 4.90 Å². The molecule has 2 aromatic carbocycles. The van der Waals surface area contributed by atoms with Crippen molar-refractivity contribution < 1.29 is 9.90 Å². The van der Waals surface area contributed by atoms with Crippen LogP contribution in [0.3, 0.4) is 0 Å². The maximum Gasteiger partial charge on any atom is 0.270 e. The number of phenols is 1. The van der Waals surface area contributed by atoms with Crippen molar-refractivity contribution in [1.82, 2.24) is 4.98 Å². The highest BCUT2D eigenvalue weighted by atomic mass is 16.3. The fourth-order valence-corrected chi connectivity index (χ4v) is 3.01. The molecule has 1 aliphatic heterocycles. The summed E-state index contributed by atoms with van der Waals surface area (Å²) < 4.78 is 0. The summed E-state index contributed by atoms with van der Waals surface area (Å²) in [6.07, 6.45) is 9.13. The first-order valence-corrected chi connectivity index (χ1v) is 7.77. The van der Waals surface area contributed by atoms with Gasteiger partial charge in [-0.15, -0.1) is 0 Å². The van der Waals surface area contributed by atoms with Crippen LogP contribution in [0.5, 0.6) is 5.75 Å². The summed E-state index contributed by atoms with van der Waals surface area (Å²) in [6, 6.07) is 18.8. The summed E-state index contributed by atoms with van der Waals surface area (Å²) in [7, 11) is 0. The predicted octanol–water partition coefficient (Wildman–Crippen LogP) is 3.87. The fraction of sp³-hybridized carbons (Fsp3) is 0. The fourth-order valence-electron chi connectivity index (χ4n) is 3.01. The van der Waals surface area contributed by atoms with Gasteiger partial charge in [0.1, 0.15) is 5.75 Å². The highest BCUT2D eigenvalue weighted by molar-refractivity contribution is 6.37. The van der Waals surface area contributed by atoms with Crippen LogP contribution in [0.4, 0.5) is 5.69 Å². The van der Waals surface area contributed by atoms with Gasteiger partial charge in [0.15, 0.2) is 0 Å². The lowest BCUT2D eigenvalue weighted by Gasteiger charge is -2.09. The molecule has 0 unspecified atom stereocenters. The Morgan fingerprint density at radius 2 is 1.92 bits per heavy atom. The number of nitrogens with one attached hydrogen (secondary N) is 1. The summed E-state index contributed by atoms with van der Waals surface area (Å²) in [5.74, 6) is -0.0263. The molecule has 0 saturated carbocycles. The number of H-pyrrole nitrogens is 1. The van der Waals surface area contributed by atoms with Crippen LogP contribution in [0.15, 0.2) is 60.8 Å². The Bertz CT molecular complexity index is 1040. The molecule has 1 aromatic heterocycles. The number of nitrogens with zero attached hydrogens (tertiary/aromatic N) is 1. The minimum atomic E-state index is -0.222. The first-order chi connectivity index (χ1) is 12.2. The Hall–Kier alpha value is -3.71. The van der Waals surface area contributed by atoms with Crippen LogP contribution >= 0.6 is 0 Å². The van der Waals surface area contributed by atoms with Crippen molar-refractivity contribution in [2.24, 2.45) is 0 Å². The molecule has 1 amide bonds. The Labute approximate surface area is 145 Å². The van der Waals surface area contributed by atoms with Crippen LogP contribution in [0.1, 0.15) is 11.3 Å². The maximum atomic E-state index is 12.7. The monoisotopic (exact) mass is 326 g/mol. The zero-order valence-corrected chi connectivity index (χ0v) is 13.2. The van der Waals surface area contributed by atoms with Gasteiger partial charge in [0.05, 0.1) is 11.3 Å². The molecule has 2 heterocycles. The van der Waals surface area contributed by atoms with E-state index >= 15 is 0 Å². The van der Waals surface area contributed by atoms with E-state index in [-0.39, 0.29) is 11.7 Å². The third kappa shape index (κ3) is 2.48. The minimum Gasteiger partial charge on any atom is -0.508 e. The molecule has 4 rings (SSSR count). The summed E-state index contributed by atoms with van der Waals surface area (Å²) in [6.45, 7) is 0. The van der Waals surface area contributed by atoms with Crippen molar-refractivity contribution in [2.45, 2.75) is 0 Å². The first-order valence-electron chi connectivity index (χ1n) is 7.77. The number of hydrogen-bond acceptors (Lipinski definition) is 2. The Morgan fingerprint density at radius 1 is 1.08 bits per heavy atom. The molecule has 25 heavy (non-hydrogen) atoms. The summed E-state index contributed by atoms with van der Waals surface area (Å²) in [4.78, 5) is 17.1. The third-order valence-corrected chi connectivity index (χ3v) is 4.19. The van der Waals surface area contributed by atoms with Gasteiger partial charge in [-0.2, -0.15) is 0 Å². The van der Waals surface area contributed by atoms with Gasteiger partial charge in [-0.05, 0) is 53.6 Å². The van der Waals surface area contributed by atoms with Crippen molar-refractivity contribution in [3.63, 3.8) is 0 Å². The van der Waals surface area contributed by atoms with E-state index in [0.717, 1.165) is 22.4 Å². The van der Waals surface area contributed by atoms with E-state index in [1.54, 1.807) is 30.5 Å². The smallest absolute Gasteiger partial charge is 0.270 e. The van der Waals surface area contributed by atoms with E-state index in [4.69, 9.17) is 6.42 Å². The predicted molar refractivity (Wildman–Crippen MR) is 98.5 cm³/mol. The number of carbonyl (C=O) groups excluding carboxylic acids is 1. The minimum absolute atomic E-state index is 0.196. The number of terminal acetylenes is 1. The lowest BCUT2D eigenvalue weighted by Crippen LogP contribution is -2.19. The molecule has 2 N–H and O–H groups in total. The number of rotatable bonds is 2. The number of benzene rings is 2. The van der Waals surface area contributed by atoms with Crippen molar-refractivity contribution >= 4 is 23.2 Å². The molecule has 120 valence electrons. The second-order valence-electron chi connectivity index (χ2n) is 5.74. The molecule has 0 bridgehead atoms. The zero-order valence-electron chi connectivity index (χ0n) is 13.2. The number of hydrogen-bond donors (Lipinski definition) is 2. The molecule has 0 saturated heterocycles. The highest BCUT2D eigenvalue weighted by Gasteiger charge is 2.32. The van der Waals surface area contributed by atoms with Crippen molar-refractivity contribution in [2.75, 3.05) is 4.90 Å². The number of aromatic hydroxyl groups is 1. The van der Waals surface area contributed by atoms with Crippen molar-refractivity contribution in [1.29, 1.82) is 0 Å². The SMILES string of the molecule is C#CN1C(=O)C(=Cc2ccc[nH]2)c2cc(-c3cccc(O)c3)ccc21. The van der Waals surface area contributed by atoms with Crippen LogP contribution in [0, 0.1) is 12.5 Å². The molecular weight excluding hydrogens is 312 g/mol. The molecule has 0 fully saturated rings. The van der Waals surface area contributed by atoms with Gasteiger partial charge >= 0.3 is 0 Å². The number of carbonyl (C=O) groups is 1. The van der Waals surface area contributed by atoms with E-state index in [1.165, 1.54) is 4.90 Å². The van der Waals surface area contributed by atoms with Gasteiger partial charge < -0.3 is 10.1 Å². The van der Waals surface area contributed by atoms with Gasteiger partial charge in [-0.3, -0.25) is 4.79 Å². The molecule has 0 aliphatic carbocycles. The highest BCUT2D eigenvalue weighted by Crippen LogP contribution is 2.40. The number of phenolic OH excluding ortho intramolecular Hbond substituents is 1. The molecular formula is C21H14N2O2. The number of fused-ring (bicyclic) bond motifs is 1. The number of anilines is 1. The number of aromatic amines is 1. The van der Waals surface area contributed by atoms with Gasteiger partial charge in [0, 0.05) is 23.5 Å². The van der Waals surface area contributed by atoms with Crippen LogP contribution < -0.4 is 4.90 Å². The average molecular weight is 326 g/mol. The molecule has 4 nitrogen and oxygen atoms in total. The lowest BCUT2D eigenvalue weighted by atomic mass is 9.99. The normalized spacial score (nSPS) is 14.6. The van der Waals surface area contributed by atoms with Crippen molar-refractivity contribution in [3.8, 4) is 29.3 Å². The molecule has 0 spiro atoms. The topological polar surface area (TPSA) is 56.3 Å².